The van der Waals surface area contributed by atoms with Crippen LogP contribution in [0.4, 0.5) is 0 Å². The van der Waals surface area contributed by atoms with Crippen molar-refractivity contribution >= 4 is 5.97 Å². The predicted octanol–water partition coefficient (Wildman–Crippen LogP) is 3.61. The minimum atomic E-state index is -1.11. The Balaban J connectivity index is 2.34. The summed E-state index contributed by atoms with van der Waals surface area (Å²) in [5.41, 5.74) is 1.84. The van der Waals surface area contributed by atoms with Crippen LogP contribution in [0, 0.1) is 0 Å². The standard InChI is InChI=1S/C17H18O3/c1-17(2,11-12-6-4-3-5-7-12)13-8-9-15(18)14(10-13)16(19)20/h3-10,18H,11H2,1-2H3,(H,19,20). The molecule has 0 unspecified atom stereocenters. The van der Waals surface area contributed by atoms with E-state index in [0.717, 1.165) is 12.0 Å². The van der Waals surface area contributed by atoms with Crippen molar-refractivity contribution in [3.8, 4) is 5.75 Å². The first-order valence-corrected chi connectivity index (χ1v) is 6.51. The van der Waals surface area contributed by atoms with E-state index in [1.165, 1.54) is 11.6 Å². The molecule has 0 aliphatic heterocycles. The number of hydrogen-bond acceptors (Lipinski definition) is 2. The molecule has 0 fully saturated rings. The van der Waals surface area contributed by atoms with Crippen molar-refractivity contribution < 1.29 is 15.0 Å². The monoisotopic (exact) mass is 270 g/mol. The van der Waals surface area contributed by atoms with Gasteiger partial charge in [0.1, 0.15) is 11.3 Å². The van der Waals surface area contributed by atoms with Gasteiger partial charge in [-0.25, -0.2) is 4.79 Å². The highest BCUT2D eigenvalue weighted by molar-refractivity contribution is 5.91. The van der Waals surface area contributed by atoms with Gasteiger partial charge in [-0.1, -0.05) is 50.2 Å². The molecular formula is C17H18O3. The zero-order valence-corrected chi connectivity index (χ0v) is 11.6. The first kappa shape index (κ1) is 14.1. The predicted molar refractivity (Wildman–Crippen MR) is 78.2 cm³/mol. The fourth-order valence-electron chi connectivity index (χ4n) is 2.34. The molecule has 0 radical (unpaired) electrons. The third kappa shape index (κ3) is 2.99. The molecule has 104 valence electrons. The summed E-state index contributed by atoms with van der Waals surface area (Å²) in [6, 6.07) is 14.9. The molecule has 0 saturated carbocycles. The van der Waals surface area contributed by atoms with Gasteiger partial charge >= 0.3 is 5.97 Å². The molecule has 2 aromatic rings. The van der Waals surface area contributed by atoms with Gasteiger partial charge in [-0.15, -0.1) is 0 Å². The van der Waals surface area contributed by atoms with E-state index in [4.69, 9.17) is 5.11 Å². The summed E-state index contributed by atoms with van der Waals surface area (Å²) in [5, 5.41) is 18.7. The van der Waals surface area contributed by atoms with Gasteiger partial charge in [0.25, 0.3) is 0 Å². The lowest BCUT2D eigenvalue weighted by Crippen LogP contribution is -2.21. The van der Waals surface area contributed by atoms with Crippen LogP contribution >= 0.6 is 0 Å². The van der Waals surface area contributed by atoms with Crippen molar-refractivity contribution in [3.63, 3.8) is 0 Å². The summed E-state index contributed by atoms with van der Waals surface area (Å²) >= 11 is 0. The molecule has 0 amide bonds. The van der Waals surface area contributed by atoms with Gasteiger partial charge in [-0.3, -0.25) is 0 Å². The normalized spacial score (nSPS) is 11.3. The molecule has 0 atom stereocenters. The Labute approximate surface area is 118 Å². The smallest absolute Gasteiger partial charge is 0.339 e. The number of aromatic carboxylic acids is 1. The first-order chi connectivity index (χ1) is 9.40. The van der Waals surface area contributed by atoms with E-state index in [1.54, 1.807) is 12.1 Å². The minimum absolute atomic E-state index is 0.0522. The van der Waals surface area contributed by atoms with Crippen molar-refractivity contribution in [2.45, 2.75) is 25.7 Å². The maximum atomic E-state index is 11.1. The van der Waals surface area contributed by atoms with Crippen molar-refractivity contribution in [1.29, 1.82) is 0 Å². The molecule has 0 aliphatic rings. The Kier molecular flexibility index (Phi) is 3.79. The van der Waals surface area contributed by atoms with E-state index < -0.39 is 5.97 Å². The molecular weight excluding hydrogens is 252 g/mol. The highest BCUT2D eigenvalue weighted by Crippen LogP contribution is 2.30. The SMILES string of the molecule is CC(C)(Cc1ccccc1)c1ccc(O)c(C(=O)O)c1. The number of rotatable bonds is 4. The molecule has 0 saturated heterocycles. The van der Waals surface area contributed by atoms with Crippen LogP contribution in [0.5, 0.6) is 5.75 Å². The summed E-state index contributed by atoms with van der Waals surface area (Å²) in [5.74, 6) is -1.31. The van der Waals surface area contributed by atoms with Crippen LogP contribution in [0.25, 0.3) is 0 Å². The summed E-state index contributed by atoms with van der Waals surface area (Å²) < 4.78 is 0. The Morgan fingerprint density at radius 2 is 1.75 bits per heavy atom. The molecule has 3 heteroatoms. The average molecular weight is 270 g/mol. The number of carboxylic acids is 1. The van der Waals surface area contributed by atoms with Crippen molar-refractivity contribution in [2.24, 2.45) is 0 Å². The average Bonchev–Trinajstić information content (AvgIpc) is 2.39. The van der Waals surface area contributed by atoms with Gasteiger partial charge in [0.15, 0.2) is 0 Å². The minimum Gasteiger partial charge on any atom is -0.507 e. The van der Waals surface area contributed by atoms with Crippen LogP contribution < -0.4 is 0 Å². The van der Waals surface area contributed by atoms with E-state index in [2.05, 4.69) is 26.0 Å². The topological polar surface area (TPSA) is 57.5 Å². The lowest BCUT2D eigenvalue weighted by atomic mass is 9.78. The fourth-order valence-corrected chi connectivity index (χ4v) is 2.34. The van der Waals surface area contributed by atoms with Crippen molar-refractivity contribution in [1.82, 2.24) is 0 Å². The maximum Gasteiger partial charge on any atom is 0.339 e. The zero-order valence-electron chi connectivity index (χ0n) is 11.6. The fraction of sp³-hybridized carbons (Fsp3) is 0.235. The van der Waals surface area contributed by atoms with E-state index in [0.29, 0.717) is 0 Å². The van der Waals surface area contributed by atoms with Crippen LogP contribution in [-0.2, 0) is 11.8 Å². The Morgan fingerprint density at radius 3 is 2.35 bits per heavy atom. The van der Waals surface area contributed by atoms with Gasteiger partial charge < -0.3 is 10.2 Å². The zero-order chi connectivity index (χ0) is 14.8. The summed E-state index contributed by atoms with van der Waals surface area (Å²) in [7, 11) is 0. The van der Waals surface area contributed by atoms with E-state index in [9.17, 15) is 9.90 Å². The molecule has 20 heavy (non-hydrogen) atoms. The quantitative estimate of drug-likeness (QED) is 0.892. The highest BCUT2D eigenvalue weighted by Gasteiger charge is 2.23. The molecule has 0 spiro atoms. The number of benzene rings is 2. The van der Waals surface area contributed by atoms with E-state index in [1.807, 2.05) is 18.2 Å². The van der Waals surface area contributed by atoms with Crippen molar-refractivity contribution in [2.75, 3.05) is 0 Å². The molecule has 2 aromatic carbocycles. The first-order valence-electron chi connectivity index (χ1n) is 6.51. The molecule has 0 bridgehead atoms. The van der Waals surface area contributed by atoms with E-state index in [-0.39, 0.29) is 16.7 Å². The van der Waals surface area contributed by atoms with Crippen LogP contribution in [0.15, 0.2) is 48.5 Å². The molecule has 2 N–H and O–H groups in total. The lowest BCUT2D eigenvalue weighted by Gasteiger charge is -2.26. The van der Waals surface area contributed by atoms with Crippen LogP contribution in [0.2, 0.25) is 0 Å². The molecule has 2 rings (SSSR count). The third-order valence-electron chi connectivity index (χ3n) is 3.50. The lowest BCUT2D eigenvalue weighted by molar-refractivity contribution is 0.0693. The summed E-state index contributed by atoms with van der Waals surface area (Å²) in [6.45, 7) is 4.13. The molecule has 0 aliphatic carbocycles. The highest BCUT2D eigenvalue weighted by atomic mass is 16.4. The number of carboxylic acid groups (broad SMARTS) is 1. The summed E-state index contributed by atoms with van der Waals surface area (Å²) in [4.78, 5) is 11.1. The number of aromatic hydroxyl groups is 1. The summed E-state index contributed by atoms with van der Waals surface area (Å²) in [6.07, 6.45) is 0.803. The molecule has 0 heterocycles. The molecule has 3 nitrogen and oxygen atoms in total. The Bertz CT molecular complexity index is 615. The second kappa shape index (κ2) is 5.37. The third-order valence-corrected chi connectivity index (χ3v) is 3.50. The van der Waals surface area contributed by atoms with Gasteiger partial charge in [0, 0.05) is 0 Å². The largest absolute Gasteiger partial charge is 0.507 e. The van der Waals surface area contributed by atoms with Crippen molar-refractivity contribution in [3.05, 3.63) is 65.2 Å². The Hall–Kier alpha value is -2.29. The van der Waals surface area contributed by atoms with Gasteiger partial charge in [-0.2, -0.15) is 0 Å². The van der Waals surface area contributed by atoms with Crippen LogP contribution in [0.1, 0.15) is 35.3 Å². The maximum absolute atomic E-state index is 11.1. The molecule has 0 aromatic heterocycles. The second-order valence-corrected chi connectivity index (χ2v) is 5.58. The number of phenols is 1. The van der Waals surface area contributed by atoms with E-state index >= 15 is 0 Å². The second-order valence-electron chi connectivity index (χ2n) is 5.58. The number of carbonyl (C=O) groups is 1. The number of hydrogen-bond donors (Lipinski definition) is 2. The Morgan fingerprint density at radius 1 is 1.10 bits per heavy atom. The van der Waals surface area contributed by atoms with Gasteiger partial charge in [0.2, 0.25) is 0 Å². The van der Waals surface area contributed by atoms with Gasteiger partial charge in [-0.05, 0) is 35.1 Å². The van der Waals surface area contributed by atoms with Gasteiger partial charge in [0.05, 0.1) is 0 Å². The van der Waals surface area contributed by atoms with Crippen LogP contribution in [0.3, 0.4) is 0 Å². The van der Waals surface area contributed by atoms with Crippen LogP contribution in [-0.4, -0.2) is 16.2 Å².